The Morgan fingerprint density at radius 1 is 1.14 bits per heavy atom. The first-order chi connectivity index (χ1) is 6.42. The molecule has 2 rings (SSSR count). The quantitative estimate of drug-likeness (QED) is 0.632. The summed E-state index contributed by atoms with van der Waals surface area (Å²) in [5.74, 6) is 0. The second kappa shape index (κ2) is 2.84. The molecule has 0 unspecified atom stereocenters. The molecular weight excluding hydrogens is 179 g/mol. The third kappa shape index (κ3) is 1.37. The van der Waals surface area contributed by atoms with Gasteiger partial charge in [-0.3, -0.25) is 0 Å². The summed E-state index contributed by atoms with van der Waals surface area (Å²) in [5.41, 5.74) is -0.579. The molecule has 1 aliphatic rings. The van der Waals surface area contributed by atoms with E-state index in [9.17, 15) is 0 Å². The predicted molar refractivity (Wildman–Crippen MR) is 53.7 cm³/mol. The molecule has 0 spiro atoms. The van der Waals surface area contributed by atoms with Gasteiger partial charge in [-0.25, -0.2) is 4.98 Å². The van der Waals surface area contributed by atoms with Gasteiger partial charge in [-0.05, 0) is 27.7 Å². The molecule has 1 saturated heterocycles. The van der Waals surface area contributed by atoms with Gasteiger partial charge in [-0.15, -0.1) is 0 Å². The molecule has 1 fully saturated rings. The second-order valence-electron chi connectivity index (χ2n) is 4.57. The number of nitrogens with zero attached hydrogens (tertiary/aromatic N) is 2. The lowest BCUT2D eigenvalue weighted by Crippen LogP contribution is -2.41. The van der Waals surface area contributed by atoms with E-state index >= 15 is 0 Å². The molecule has 76 valence electrons. The van der Waals surface area contributed by atoms with Crippen molar-refractivity contribution >= 4 is 7.25 Å². The van der Waals surface area contributed by atoms with Crippen LogP contribution in [0.25, 0.3) is 0 Å². The fraction of sp³-hybridized carbons (Fsp3) is 0.667. The van der Waals surface area contributed by atoms with Gasteiger partial charge < -0.3 is 13.8 Å². The van der Waals surface area contributed by atoms with Gasteiger partial charge in [0.25, 0.3) is 0 Å². The normalized spacial score (nSPS) is 24.1. The number of hydrogen-bond donors (Lipinski definition) is 0. The smallest absolute Gasteiger partial charge is 0.384 e. The summed E-state index contributed by atoms with van der Waals surface area (Å²) in [6.45, 7) is 8.13. The summed E-state index contributed by atoms with van der Waals surface area (Å²) in [7, 11) is -0.359. The van der Waals surface area contributed by atoms with Crippen LogP contribution in [0.3, 0.4) is 0 Å². The average molecular weight is 194 g/mol. The van der Waals surface area contributed by atoms with Crippen molar-refractivity contribution in [2.75, 3.05) is 0 Å². The fourth-order valence-corrected chi connectivity index (χ4v) is 1.33. The lowest BCUT2D eigenvalue weighted by molar-refractivity contribution is 0.00578. The number of aromatic nitrogens is 2. The minimum absolute atomic E-state index is 0.290. The van der Waals surface area contributed by atoms with Crippen LogP contribution in [0.2, 0.25) is 0 Å². The van der Waals surface area contributed by atoms with Crippen LogP contribution in [0.15, 0.2) is 18.7 Å². The lowest BCUT2D eigenvalue weighted by Gasteiger charge is -2.32. The van der Waals surface area contributed by atoms with E-state index in [1.807, 2.05) is 38.4 Å². The van der Waals surface area contributed by atoms with E-state index in [1.54, 1.807) is 12.5 Å². The zero-order valence-electron chi connectivity index (χ0n) is 9.02. The minimum Gasteiger partial charge on any atom is -0.384 e. The molecule has 2 heterocycles. The Morgan fingerprint density at radius 2 is 1.71 bits per heavy atom. The summed E-state index contributed by atoms with van der Waals surface area (Å²) >= 11 is 0. The predicted octanol–water partition coefficient (Wildman–Crippen LogP) is 1.32. The Bertz CT molecular complexity index is 306. The molecule has 1 aromatic rings. The molecule has 0 saturated carbocycles. The molecule has 1 aromatic heterocycles. The summed E-state index contributed by atoms with van der Waals surface area (Å²) in [5, 5.41) is 0. The number of hydrogen-bond acceptors (Lipinski definition) is 3. The Kier molecular flexibility index (Phi) is 1.98. The number of imidazole rings is 1. The van der Waals surface area contributed by atoms with Crippen molar-refractivity contribution in [3.05, 3.63) is 18.7 Å². The van der Waals surface area contributed by atoms with Crippen LogP contribution in [0.5, 0.6) is 0 Å². The van der Waals surface area contributed by atoms with Crippen molar-refractivity contribution in [1.82, 2.24) is 9.46 Å². The molecule has 0 radical (unpaired) electrons. The van der Waals surface area contributed by atoms with E-state index in [2.05, 4.69) is 4.98 Å². The lowest BCUT2D eigenvalue weighted by atomic mass is 9.90. The van der Waals surface area contributed by atoms with Crippen LogP contribution >= 0.6 is 0 Å². The van der Waals surface area contributed by atoms with E-state index in [4.69, 9.17) is 9.31 Å². The van der Waals surface area contributed by atoms with E-state index in [0.29, 0.717) is 0 Å². The van der Waals surface area contributed by atoms with Crippen molar-refractivity contribution in [3.8, 4) is 0 Å². The van der Waals surface area contributed by atoms with Crippen molar-refractivity contribution < 1.29 is 9.31 Å². The first-order valence-electron chi connectivity index (χ1n) is 4.75. The van der Waals surface area contributed by atoms with Gasteiger partial charge in [0, 0.05) is 12.4 Å². The van der Waals surface area contributed by atoms with Gasteiger partial charge in [0.1, 0.15) is 0 Å². The van der Waals surface area contributed by atoms with Gasteiger partial charge in [0.2, 0.25) is 0 Å². The van der Waals surface area contributed by atoms with Crippen molar-refractivity contribution in [2.45, 2.75) is 38.9 Å². The average Bonchev–Trinajstić information content (AvgIpc) is 2.58. The molecule has 0 aliphatic carbocycles. The largest absolute Gasteiger partial charge is 0.599 e. The van der Waals surface area contributed by atoms with Crippen molar-refractivity contribution in [1.29, 1.82) is 0 Å². The maximum absolute atomic E-state index is 5.81. The Morgan fingerprint density at radius 3 is 2.14 bits per heavy atom. The SMILES string of the molecule is CC1(C)OB(n2ccnc2)OC1(C)C. The molecule has 0 N–H and O–H groups in total. The fourth-order valence-electron chi connectivity index (χ4n) is 1.33. The zero-order valence-corrected chi connectivity index (χ0v) is 9.02. The van der Waals surface area contributed by atoms with Gasteiger partial charge in [-0.1, -0.05) is 0 Å². The van der Waals surface area contributed by atoms with Gasteiger partial charge >= 0.3 is 7.25 Å². The van der Waals surface area contributed by atoms with Crippen LogP contribution in [-0.2, 0) is 9.31 Å². The molecule has 14 heavy (non-hydrogen) atoms. The molecule has 0 amide bonds. The molecule has 5 heteroatoms. The van der Waals surface area contributed by atoms with Crippen LogP contribution in [0, 0.1) is 0 Å². The maximum atomic E-state index is 5.81. The maximum Gasteiger partial charge on any atom is 0.599 e. The first kappa shape index (κ1) is 9.74. The highest BCUT2D eigenvalue weighted by molar-refractivity contribution is 6.43. The Hall–Kier alpha value is -0.805. The van der Waals surface area contributed by atoms with E-state index in [-0.39, 0.29) is 18.5 Å². The van der Waals surface area contributed by atoms with Crippen LogP contribution in [0.1, 0.15) is 27.7 Å². The van der Waals surface area contributed by atoms with E-state index in [0.717, 1.165) is 0 Å². The highest BCUT2D eigenvalue weighted by atomic mass is 16.7. The third-order valence-electron chi connectivity index (χ3n) is 3.01. The third-order valence-corrected chi connectivity index (χ3v) is 3.01. The molecule has 1 aliphatic heterocycles. The molecular formula is C9H15BN2O2. The van der Waals surface area contributed by atoms with Gasteiger partial charge in [0.15, 0.2) is 0 Å². The highest BCUT2D eigenvalue weighted by Gasteiger charge is 2.52. The second-order valence-corrected chi connectivity index (χ2v) is 4.57. The molecule has 0 bridgehead atoms. The van der Waals surface area contributed by atoms with Crippen LogP contribution < -0.4 is 0 Å². The Balaban J connectivity index is 2.22. The molecule has 4 nitrogen and oxygen atoms in total. The van der Waals surface area contributed by atoms with Gasteiger partial charge in [-0.2, -0.15) is 0 Å². The molecule has 0 atom stereocenters. The van der Waals surface area contributed by atoms with Crippen molar-refractivity contribution in [3.63, 3.8) is 0 Å². The van der Waals surface area contributed by atoms with Crippen molar-refractivity contribution in [2.24, 2.45) is 0 Å². The highest BCUT2D eigenvalue weighted by Crippen LogP contribution is 2.36. The van der Waals surface area contributed by atoms with E-state index < -0.39 is 0 Å². The van der Waals surface area contributed by atoms with Gasteiger partial charge in [0.05, 0.1) is 17.5 Å². The first-order valence-corrected chi connectivity index (χ1v) is 4.75. The summed E-state index contributed by atoms with van der Waals surface area (Å²) in [6, 6.07) is 0. The summed E-state index contributed by atoms with van der Waals surface area (Å²) < 4.78 is 13.4. The van der Waals surface area contributed by atoms with E-state index in [1.165, 1.54) is 0 Å². The number of rotatable bonds is 1. The monoisotopic (exact) mass is 194 g/mol. The zero-order chi connectivity index (χ0) is 10.4. The van der Waals surface area contributed by atoms with Crippen LogP contribution in [0.4, 0.5) is 0 Å². The Labute approximate surface area is 84.4 Å². The topological polar surface area (TPSA) is 36.3 Å². The molecule has 0 aromatic carbocycles. The summed E-state index contributed by atoms with van der Waals surface area (Å²) in [6.07, 6.45) is 5.25. The van der Waals surface area contributed by atoms with Crippen LogP contribution in [-0.4, -0.2) is 27.9 Å². The summed E-state index contributed by atoms with van der Waals surface area (Å²) in [4.78, 5) is 3.97. The minimum atomic E-state index is -0.359. The standard InChI is InChI=1S/C9H15BN2O2/c1-8(2)9(3,4)14-10(13-8)12-6-5-11-7-12/h5-7H,1-4H3.